The quantitative estimate of drug-likeness (QED) is 0.728. The van der Waals surface area contributed by atoms with Crippen molar-refractivity contribution in [1.82, 2.24) is 20.8 Å². The molecule has 0 aliphatic carbocycles. The Morgan fingerprint density at radius 3 is 3.06 bits per heavy atom. The van der Waals surface area contributed by atoms with E-state index in [0.29, 0.717) is 12.2 Å². The average Bonchev–Trinajstić information content (AvgIpc) is 2.74. The van der Waals surface area contributed by atoms with Gasteiger partial charge < -0.3 is 10.6 Å². The molecule has 1 aliphatic rings. The minimum Gasteiger partial charge on any atom is -0.350 e. The van der Waals surface area contributed by atoms with Gasteiger partial charge in [-0.05, 0) is 37.8 Å². The fraction of sp³-hybridized carbons (Fsp3) is 0.667. The van der Waals surface area contributed by atoms with Crippen molar-refractivity contribution in [2.45, 2.75) is 26.7 Å². The highest BCUT2D eigenvalue weighted by atomic mass is 16.1. The lowest BCUT2D eigenvalue weighted by Crippen LogP contribution is -2.45. The zero-order valence-corrected chi connectivity index (χ0v) is 10.5. The van der Waals surface area contributed by atoms with Gasteiger partial charge in [-0.15, -0.1) is 0 Å². The van der Waals surface area contributed by atoms with E-state index in [1.807, 2.05) is 6.92 Å². The van der Waals surface area contributed by atoms with Crippen LogP contribution >= 0.6 is 0 Å². The maximum Gasteiger partial charge on any atom is 0.271 e. The summed E-state index contributed by atoms with van der Waals surface area (Å²) in [5, 5.41) is 13.1. The number of aromatic amines is 1. The van der Waals surface area contributed by atoms with E-state index >= 15 is 0 Å². The molecule has 0 aromatic carbocycles. The number of H-pyrrole nitrogens is 1. The average molecular weight is 236 g/mol. The van der Waals surface area contributed by atoms with Crippen LogP contribution in [0.15, 0.2) is 6.07 Å². The number of aromatic nitrogens is 2. The molecule has 3 N–H and O–H groups in total. The second kappa shape index (κ2) is 4.87. The van der Waals surface area contributed by atoms with Gasteiger partial charge in [0, 0.05) is 18.8 Å². The number of hydrogen-bond acceptors (Lipinski definition) is 3. The largest absolute Gasteiger partial charge is 0.350 e. The summed E-state index contributed by atoms with van der Waals surface area (Å²) in [7, 11) is 0. The van der Waals surface area contributed by atoms with E-state index in [0.717, 1.165) is 25.2 Å². The highest BCUT2D eigenvalue weighted by molar-refractivity contribution is 5.92. The molecule has 17 heavy (non-hydrogen) atoms. The Kier molecular flexibility index (Phi) is 3.47. The van der Waals surface area contributed by atoms with Crippen molar-refractivity contribution < 1.29 is 4.79 Å². The first kappa shape index (κ1) is 12.1. The molecule has 0 bridgehead atoms. The van der Waals surface area contributed by atoms with Crippen LogP contribution in [0, 0.1) is 12.3 Å². The Balaban J connectivity index is 1.87. The van der Waals surface area contributed by atoms with Crippen molar-refractivity contribution in [2.75, 3.05) is 19.6 Å². The summed E-state index contributed by atoms with van der Waals surface area (Å²) in [5.41, 5.74) is 1.54. The van der Waals surface area contributed by atoms with Crippen LogP contribution in [-0.4, -0.2) is 35.7 Å². The molecule has 1 aromatic rings. The van der Waals surface area contributed by atoms with E-state index in [-0.39, 0.29) is 11.3 Å². The number of piperidine rings is 1. The topological polar surface area (TPSA) is 69.8 Å². The molecule has 1 aliphatic heterocycles. The van der Waals surface area contributed by atoms with E-state index in [2.05, 4.69) is 27.8 Å². The van der Waals surface area contributed by atoms with E-state index in [4.69, 9.17) is 0 Å². The molecule has 1 amide bonds. The van der Waals surface area contributed by atoms with Gasteiger partial charge in [-0.1, -0.05) is 6.92 Å². The predicted molar refractivity (Wildman–Crippen MR) is 65.9 cm³/mol. The summed E-state index contributed by atoms with van der Waals surface area (Å²) in [5.74, 6) is -0.0962. The molecule has 0 saturated carbocycles. The van der Waals surface area contributed by atoms with Gasteiger partial charge in [0.1, 0.15) is 5.69 Å². The third-order valence-electron chi connectivity index (χ3n) is 3.30. The Morgan fingerprint density at radius 2 is 2.47 bits per heavy atom. The van der Waals surface area contributed by atoms with Crippen molar-refractivity contribution in [3.05, 3.63) is 17.5 Å². The maximum absolute atomic E-state index is 11.8. The third-order valence-corrected chi connectivity index (χ3v) is 3.30. The highest BCUT2D eigenvalue weighted by Crippen LogP contribution is 2.24. The number of hydrogen-bond donors (Lipinski definition) is 3. The first-order valence-corrected chi connectivity index (χ1v) is 6.10. The van der Waals surface area contributed by atoms with Gasteiger partial charge in [0.25, 0.3) is 5.91 Å². The summed E-state index contributed by atoms with van der Waals surface area (Å²) in [4.78, 5) is 11.8. The molecule has 1 atom stereocenters. The molecule has 94 valence electrons. The molecule has 1 aromatic heterocycles. The van der Waals surface area contributed by atoms with Crippen molar-refractivity contribution in [3.63, 3.8) is 0 Å². The number of rotatable bonds is 3. The van der Waals surface area contributed by atoms with Crippen molar-refractivity contribution in [1.29, 1.82) is 0 Å². The van der Waals surface area contributed by atoms with Crippen LogP contribution < -0.4 is 10.6 Å². The van der Waals surface area contributed by atoms with Gasteiger partial charge >= 0.3 is 0 Å². The molecule has 5 heteroatoms. The van der Waals surface area contributed by atoms with Crippen LogP contribution in [-0.2, 0) is 0 Å². The fourth-order valence-corrected chi connectivity index (χ4v) is 2.19. The zero-order chi connectivity index (χ0) is 12.3. The van der Waals surface area contributed by atoms with E-state index in [9.17, 15) is 4.79 Å². The highest BCUT2D eigenvalue weighted by Gasteiger charge is 2.27. The lowest BCUT2D eigenvalue weighted by atomic mass is 9.83. The smallest absolute Gasteiger partial charge is 0.271 e. The normalized spacial score (nSPS) is 24.6. The lowest BCUT2D eigenvalue weighted by molar-refractivity contribution is 0.0919. The van der Waals surface area contributed by atoms with Crippen LogP contribution in [0.4, 0.5) is 0 Å². The Hall–Kier alpha value is -1.36. The molecular formula is C12H20N4O. The van der Waals surface area contributed by atoms with Gasteiger partial charge in [0.15, 0.2) is 0 Å². The van der Waals surface area contributed by atoms with Gasteiger partial charge in [0.05, 0.1) is 0 Å². The minimum atomic E-state index is -0.0962. The number of aryl methyl sites for hydroxylation is 1. The summed E-state index contributed by atoms with van der Waals surface area (Å²) in [6.07, 6.45) is 2.33. The first-order valence-electron chi connectivity index (χ1n) is 6.10. The Labute approximate surface area is 101 Å². The SMILES string of the molecule is Cc1cc(C(=O)NCC2(C)CCCNC2)n[nH]1. The van der Waals surface area contributed by atoms with Crippen molar-refractivity contribution >= 4 is 5.91 Å². The molecule has 1 fully saturated rings. The summed E-state index contributed by atoms with van der Waals surface area (Å²) in [6.45, 7) is 6.84. The lowest BCUT2D eigenvalue weighted by Gasteiger charge is -2.34. The van der Waals surface area contributed by atoms with Crippen LogP contribution in [0.25, 0.3) is 0 Å². The summed E-state index contributed by atoms with van der Waals surface area (Å²) >= 11 is 0. The summed E-state index contributed by atoms with van der Waals surface area (Å²) < 4.78 is 0. The van der Waals surface area contributed by atoms with E-state index in [1.165, 1.54) is 6.42 Å². The number of nitrogens with one attached hydrogen (secondary N) is 3. The standard InChI is InChI=1S/C12H20N4O/c1-9-6-10(16-15-9)11(17)14-8-12(2)4-3-5-13-7-12/h6,13H,3-5,7-8H2,1-2H3,(H,14,17)(H,15,16). The van der Waals surface area contributed by atoms with Gasteiger partial charge in [-0.25, -0.2) is 0 Å². The number of amides is 1. The molecule has 0 radical (unpaired) electrons. The van der Waals surface area contributed by atoms with Gasteiger partial charge in [-0.3, -0.25) is 9.89 Å². The zero-order valence-electron chi connectivity index (χ0n) is 10.5. The van der Waals surface area contributed by atoms with Gasteiger partial charge in [0.2, 0.25) is 0 Å². The van der Waals surface area contributed by atoms with Crippen molar-refractivity contribution in [2.24, 2.45) is 5.41 Å². The number of carbonyl (C=O) groups excluding carboxylic acids is 1. The molecule has 1 saturated heterocycles. The van der Waals surface area contributed by atoms with Crippen LogP contribution in [0.5, 0.6) is 0 Å². The Morgan fingerprint density at radius 1 is 1.65 bits per heavy atom. The molecule has 0 spiro atoms. The van der Waals surface area contributed by atoms with Gasteiger partial charge in [-0.2, -0.15) is 5.10 Å². The predicted octanol–water partition coefficient (Wildman–Crippen LogP) is 0.838. The second-order valence-corrected chi connectivity index (χ2v) is 5.21. The molecule has 2 rings (SSSR count). The number of carbonyl (C=O) groups is 1. The third kappa shape index (κ3) is 3.06. The molecule has 2 heterocycles. The van der Waals surface area contributed by atoms with E-state index < -0.39 is 0 Å². The van der Waals surface area contributed by atoms with E-state index in [1.54, 1.807) is 6.07 Å². The molecular weight excluding hydrogens is 216 g/mol. The first-order chi connectivity index (χ1) is 8.09. The minimum absolute atomic E-state index is 0.0962. The number of nitrogens with zero attached hydrogens (tertiary/aromatic N) is 1. The fourth-order valence-electron chi connectivity index (χ4n) is 2.19. The van der Waals surface area contributed by atoms with Crippen molar-refractivity contribution in [3.8, 4) is 0 Å². The monoisotopic (exact) mass is 236 g/mol. The maximum atomic E-state index is 11.8. The molecule has 5 nitrogen and oxygen atoms in total. The Bertz CT molecular complexity index is 393. The van der Waals surface area contributed by atoms with Crippen LogP contribution in [0.1, 0.15) is 35.9 Å². The van der Waals surface area contributed by atoms with Crippen LogP contribution in [0.3, 0.4) is 0 Å². The second-order valence-electron chi connectivity index (χ2n) is 5.21. The molecule has 1 unspecified atom stereocenters. The summed E-state index contributed by atoms with van der Waals surface area (Å²) in [6, 6.07) is 1.76. The van der Waals surface area contributed by atoms with Crippen LogP contribution in [0.2, 0.25) is 0 Å².